The molecule has 0 saturated carbocycles. The summed E-state index contributed by atoms with van der Waals surface area (Å²) in [4.78, 5) is 0. The van der Waals surface area contributed by atoms with Gasteiger partial charge in [0.05, 0.1) is 6.21 Å². The zero-order chi connectivity index (χ0) is 14.7. The van der Waals surface area contributed by atoms with Gasteiger partial charge in [-0.1, -0.05) is 48.5 Å². The fraction of sp³-hybridized carbons (Fsp3) is 0.0588. The molecule has 0 aromatic heterocycles. The topological polar surface area (TPSA) is 36.4 Å². The lowest BCUT2D eigenvalue weighted by atomic mass is 9.97. The predicted molar refractivity (Wildman–Crippen MR) is 93.8 cm³/mol. The number of hydrazone groups is 1. The number of hydrogen-bond donors (Lipinski definition) is 2. The van der Waals surface area contributed by atoms with E-state index in [9.17, 15) is 0 Å². The minimum absolute atomic E-state index is 0.496. The monoisotopic (exact) mass is 293 g/mol. The largest absolute Gasteiger partial charge is 0.364 e. The van der Waals surface area contributed by atoms with Crippen LogP contribution in [0.25, 0.3) is 21.5 Å². The lowest BCUT2D eigenvalue weighted by molar-refractivity contribution is 0.982. The van der Waals surface area contributed by atoms with Gasteiger partial charge < -0.3 is 5.32 Å². The van der Waals surface area contributed by atoms with Gasteiger partial charge >= 0.3 is 0 Å². The standard InChI is InChI=1S/C17H15N3S/c1-18-17(21)20-19-11-16-14-8-4-2-6-12(14)10-13-7-3-5-9-15(13)16/h2-11H,1H3,(H2,18,20,21)/b19-11+. The molecule has 0 atom stereocenters. The quantitative estimate of drug-likeness (QED) is 0.329. The number of rotatable bonds is 2. The van der Waals surface area contributed by atoms with Crippen molar-refractivity contribution in [1.29, 1.82) is 0 Å². The van der Waals surface area contributed by atoms with Crippen LogP contribution in [-0.2, 0) is 0 Å². The molecule has 0 fully saturated rings. The van der Waals surface area contributed by atoms with Crippen molar-refractivity contribution in [3.63, 3.8) is 0 Å². The van der Waals surface area contributed by atoms with Gasteiger partial charge in [-0.2, -0.15) is 5.10 Å². The summed E-state index contributed by atoms with van der Waals surface area (Å²) in [5.41, 5.74) is 3.89. The average molecular weight is 293 g/mol. The number of fused-ring (bicyclic) bond motifs is 2. The molecule has 0 bridgehead atoms. The van der Waals surface area contributed by atoms with Crippen molar-refractivity contribution >= 4 is 45.1 Å². The Kier molecular flexibility index (Phi) is 3.79. The molecule has 3 aromatic carbocycles. The fourth-order valence-corrected chi connectivity index (χ4v) is 2.45. The van der Waals surface area contributed by atoms with Crippen LogP contribution in [0.2, 0.25) is 0 Å². The van der Waals surface area contributed by atoms with Crippen molar-refractivity contribution in [1.82, 2.24) is 10.7 Å². The molecule has 2 N–H and O–H groups in total. The Bertz CT molecular complexity index is 786. The summed E-state index contributed by atoms with van der Waals surface area (Å²) < 4.78 is 0. The van der Waals surface area contributed by atoms with Crippen molar-refractivity contribution in [2.75, 3.05) is 7.05 Å². The molecule has 104 valence electrons. The summed E-state index contributed by atoms with van der Waals surface area (Å²) in [5, 5.41) is 12.3. The molecule has 4 heteroatoms. The molecule has 0 amide bonds. The van der Waals surface area contributed by atoms with Gasteiger partial charge in [0.15, 0.2) is 5.11 Å². The molecule has 0 aliphatic carbocycles. The average Bonchev–Trinajstić information content (AvgIpc) is 2.54. The maximum Gasteiger partial charge on any atom is 0.186 e. The first-order valence-electron chi connectivity index (χ1n) is 6.71. The first-order valence-corrected chi connectivity index (χ1v) is 7.11. The SMILES string of the molecule is CNC(=S)N/N=C/c1c2ccccc2cc2ccccc12. The Balaban J connectivity index is 2.18. The number of hydrogen-bond acceptors (Lipinski definition) is 2. The highest BCUT2D eigenvalue weighted by Gasteiger charge is 2.05. The number of nitrogens with zero attached hydrogens (tertiary/aromatic N) is 1. The second-order valence-electron chi connectivity index (χ2n) is 4.68. The third kappa shape index (κ3) is 2.71. The summed E-state index contributed by atoms with van der Waals surface area (Å²) in [6, 6.07) is 18.8. The van der Waals surface area contributed by atoms with E-state index < -0.39 is 0 Å². The smallest absolute Gasteiger partial charge is 0.186 e. The maximum absolute atomic E-state index is 5.03. The van der Waals surface area contributed by atoms with Gasteiger partial charge in [-0.25, -0.2) is 0 Å². The highest BCUT2D eigenvalue weighted by Crippen LogP contribution is 2.27. The van der Waals surface area contributed by atoms with Crippen molar-refractivity contribution in [2.45, 2.75) is 0 Å². The third-order valence-electron chi connectivity index (χ3n) is 3.40. The van der Waals surface area contributed by atoms with Gasteiger partial charge in [0, 0.05) is 12.6 Å². The Labute approximate surface area is 128 Å². The zero-order valence-electron chi connectivity index (χ0n) is 11.6. The number of benzene rings is 3. The van der Waals surface area contributed by atoms with E-state index in [1.165, 1.54) is 21.5 Å². The van der Waals surface area contributed by atoms with E-state index in [0.717, 1.165) is 5.56 Å². The number of thiocarbonyl (C=S) groups is 1. The van der Waals surface area contributed by atoms with E-state index in [0.29, 0.717) is 5.11 Å². The van der Waals surface area contributed by atoms with Crippen molar-refractivity contribution < 1.29 is 0 Å². The Hall–Kier alpha value is -2.46. The summed E-state index contributed by atoms with van der Waals surface area (Å²) in [6.45, 7) is 0. The van der Waals surface area contributed by atoms with E-state index >= 15 is 0 Å². The van der Waals surface area contributed by atoms with Crippen LogP contribution in [0.4, 0.5) is 0 Å². The van der Waals surface area contributed by atoms with Gasteiger partial charge in [0.2, 0.25) is 0 Å². The first-order chi connectivity index (χ1) is 10.3. The molecule has 21 heavy (non-hydrogen) atoms. The first kappa shape index (κ1) is 13.5. The van der Waals surface area contributed by atoms with E-state index in [-0.39, 0.29) is 0 Å². The zero-order valence-corrected chi connectivity index (χ0v) is 12.4. The Morgan fingerprint density at radius 1 is 1.00 bits per heavy atom. The molecule has 0 heterocycles. The molecule has 3 nitrogen and oxygen atoms in total. The molecule has 0 aliphatic heterocycles. The highest BCUT2D eigenvalue weighted by molar-refractivity contribution is 7.80. The summed E-state index contributed by atoms with van der Waals surface area (Å²) in [6.07, 6.45) is 1.83. The lowest BCUT2D eigenvalue weighted by Gasteiger charge is -2.08. The molecule has 0 spiro atoms. The second-order valence-corrected chi connectivity index (χ2v) is 5.09. The lowest BCUT2D eigenvalue weighted by Crippen LogP contribution is -2.28. The molecule has 0 radical (unpaired) electrons. The Morgan fingerprint density at radius 3 is 2.14 bits per heavy atom. The molecule has 3 aromatic rings. The summed E-state index contributed by atoms with van der Waals surface area (Å²) >= 11 is 5.03. The van der Waals surface area contributed by atoms with E-state index in [4.69, 9.17) is 12.2 Å². The van der Waals surface area contributed by atoms with E-state index in [1.54, 1.807) is 7.05 Å². The van der Waals surface area contributed by atoms with Crippen LogP contribution in [0.15, 0.2) is 59.7 Å². The van der Waals surface area contributed by atoms with Crippen LogP contribution in [-0.4, -0.2) is 18.4 Å². The van der Waals surface area contributed by atoms with Crippen LogP contribution in [0, 0.1) is 0 Å². The van der Waals surface area contributed by atoms with E-state index in [2.05, 4.69) is 46.2 Å². The van der Waals surface area contributed by atoms with Crippen LogP contribution in [0.3, 0.4) is 0 Å². The third-order valence-corrected chi connectivity index (χ3v) is 3.70. The van der Waals surface area contributed by atoms with Crippen LogP contribution >= 0.6 is 12.2 Å². The van der Waals surface area contributed by atoms with Crippen molar-refractivity contribution in [3.05, 3.63) is 60.2 Å². The van der Waals surface area contributed by atoms with Gasteiger partial charge in [-0.15, -0.1) is 0 Å². The molecule has 0 unspecified atom stereocenters. The summed E-state index contributed by atoms with van der Waals surface area (Å²) in [7, 11) is 1.76. The normalized spacial score (nSPS) is 11.1. The molecule has 0 saturated heterocycles. The molecular weight excluding hydrogens is 278 g/mol. The summed E-state index contributed by atoms with van der Waals surface area (Å²) in [5.74, 6) is 0. The predicted octanol–water partition coefficient (Wildman–Crippen LogP) is 3.42. The van der Waals surface area contributed by atoms with E-state index in [1.807, 2.05) is 30.5 Å². The Morgan fingerprint density at radius 2 is 1.57 bits per heavy atom. The minimum atomic E-state index is 0.496. The molecule has 3 rings (SSSR count). The molecular formula is C17H15N3S. The van der Waals surface area contributed by atoms with Crippen molar-refractivity contribution in [2.24, 2.45) is 5.10 Å². The van der Waals surface area contributed by atoms with Gasteiger partial charge in [-0.05, 0) is 39.8 Å². The van der Waals surface area contributed by atoms with Crippen LogP contribution in [0.1, 0.15) is 5.56 Å². The minimum Gasteiger partial charge on any atom is -0.364 e. The fourth-order valence-electron chi connectivity index (χ4n) is 2.40. The maximum atomic E-state index is 5.03. The molecule has 0 aliphatic rings. The van der Waals surface area contributed by atoms with Crippen LogP contribution < -0.4 is 10.7 Å². The second kappa shape index (κ2) is 5.89. The number of nitrogens with one attached hydrogen (secondary N) is 2. The van der Waals surface area contributed by atoms with Gasteiger partial charge in [0.1, 0.15) is 0 Å². The van der Waals surface area contributed by atoms with Crippen molar-refractivity contribution in [3.8, 4) is 0 Å². The van der Waals surface area contributed by atoms with Crippen LogP contribution in [0.5, 0.6) is 0 Å². The van der Waals surface area contributed by atoms with Gasteiger partial charge in [0.25, 0.3) is 0 Å². The highest BCUT2D eigenvalue weighted by atomic mass is 32.1. The van der Waals surface area contributed by atoms with Gasteiger partial charge in [-0.3, -0.25) is 5.43 Å².